The Hall–Kier alpha value is -0.810. The number of amidine groups is 1. The lowest BCUT2D eigenvalue weighted by atomic mass is 10.1. The Kier molecular flexibility index (Phi) is 4.84. The summed E-state index contributed by atoms with van der Waals surface area (Å²) in [6, 6.07) is 0.607. The molecule has 0 amide bonds. The van der Waals surface area contributed by atoms with Crippen LogP contribution < -0.4 is 5.73 Å². The molecule has 1 unspecified atom stereocenters. The smallest absolute Gasteiger partial charge is 0.139 e. The quantitative estimate of drug-likeness (QED) is 0.302. The van der Waals surface area contributed by atoms with Crippen molar-refractivity contribution in [2.45, 2.75) is 25.8 Å². The van der Waals surface area contributed by atoms with E-state index in [0.717, 1.165) is 32.6 Å². The molecular formula is C10H22N4O. The molecule has 0 radical (unpaired) electrons. The third kappa shape index (κ3) is 4.05. The fourth-order valence-electron chi connectivity index (χ4n) is 2.02. The highest BCUT2D eigenvalue weighted by Crippen LogP contribution is 2.08. The van der Waals surface area contributed by atoms with E-state index in [-0.39, 0.29) is 0 Å². The highest BCUT2D eigenvalue weighted by Gasteiger charge is 2.20. The van der Waals surface area contributed by atoms with Crippen LogP contribution >= 0.6 is 0 Å². The number of oxime groups is 1. The van der Waals surface area contributed by atoms with Crippen LogP contribution in [0, 0.1) is 0 Å². The van der Waals surface area contributed by atoms with Gasteiger partial charge in [-0.25, -0.2) is 0 Å². The van der Waals surface area contributed by atoms with E-state index in [1.54, 1.807) is 0 Å². The van der Waals surface area contributed by atoms with Crippen molar-refractivity contribution >= 4 is 5.84 Å². The van der Waals surface area contributed by atoms with Crippen molar-refractivity contribution in [2.75, 3.05) is 33.2 Å². The lowest BCUT2D eigenvalue weighted by Gasteiger charge is -2.38. The SMILES string of the molecule is CC1CN(C)CCN1CCCC(N)=NO. The Labute approximate surface area is 91.5 Å². The Morgan fingerprint density at radius 2 is 2.27 bits per heavy atom. The standard InChI is InChI=1S/C10H22N4O/c1-9-8-13(2)6-7-14(9)5-3-4-10(11)12-15/h9,15H,3-8H2,1-2H3,(H2,11,12). The monoisotopic (exact) mass is 214 g/mol. The van der Waals surface area contributed by atoms with Crippen molar-refractivity contribution < 1.29 is 5.21 Å². The van der Waals surface area contributed by atoms with Crippen molar-refractivity contribution in [1.29, 1.82) is 0 Å². The Bertz CT molecular complexity index is 219. The molecule has 1 rings (SSSR count). The highest BCUT2D eigenvalue weighted by atomic mass is 16.4. The van der Waals surface area contributed by atoms with Gasteiger partial charge in [0, 0.05) is 32.1 Å². The molecule has 88 valence electrons. The first-order valence-corrected chi connectivity index (χ1v) is 5.52. The summed E-state index contributed by atoms with van der Waals surface area (Å²) >= 11 is 0. The molecule has 1 aliphatic rings. The number of piperazine rings is 1. The van der Waals surface area contributed by atoms with Crippen LogP contribution in [0.1, 0.15) is 19.8 Å². The molecule has 0 aromatic heterocycles. The summed E-state index contributed by atoms with van der Waals surface area (Å²) in [6.45, 7) is 6.66. The van der Waals surface area contributed by atoms with Crippen LogP contribution in [0.3, 0.4) is 0 Å². The fraction of sp³-hybridized carbons (Fsp3) is 0.900. The maximum atomic E-state index is 8.40. The van der Waals surface area contributed by atoms with Gasteiger partial charge in [0.1, 0.15) is 5.84 Å². The summed E-state index contributed by atoms with van der Waals surface area (Å²) in [5.74, 6) is 0.330. The lowest BCUT2D eigenvalue weighted by molar-refractivity contribution is 0.0996. The molecule has 0 aromatic rings. The van der Waals surface area contributed by atoms with Crippen molar-refractivity contribution in [3.63, 3.8) is 0 Å². The summed E-state index contributed by atoms with van der Waals surface area (Å²) in [5, 5.41) is 11.4. The number of nitrogens with zero attached hydrogens (tertiary/aromatic N) is 3. The zero-order valence-corrected chi connectivity index (χ0v) is 9.69. The van der Waals surface area contributed by atoms with Crippen LogP contribution in [0.4, 0.5) is 0 Å². The van der Waals surface area contributed by atoms with Crippen molar-refractivity contribution in [2.24, 2.45) is 10.9 Å². The molecule has 0 saturated carbocycles. The minimum absolute atomic E-state index is 0.330. The van der Waals surface area contributed by atoms with E-state index in [0.29, 0.717) is 18.3 Å². The molecule has 0 aromatic carbocycles. The molecule has 1 aliphatic heterocycles. The Balaban J connectivity index is 2.21. The number of rotatable bonds is 4. The van der Waals surface area contributed by atoms with Gasteiger partial charge in [0.15, 0.2) is 0 Å². The van der Waals surface area contributed by atoms with Gasteiger partial charge >= 0.3 is 0 Å². The molecule has 1 heterocycles. The Morgan fingerprint density at radius 1 is 1.53 bits per heavy atom. The van der Waals surface area contributed by atoms with Gasteiger partial charge in [-0.15, -0.1) is 0 Å². The second-order valence-corrected chi connectivity index (χ2v) is 4.34. The van der Waals surface area contributed by atoms with Crippen molar-refractivity contribution in [1.82, 2.24) is 9.80 Å². The van der Waals surface area contributed by atoms with Crippen LogP contribution in [0.25, 0.3) is 0 Å². The van der Waals surface area contributed by atoms with Crippen LogP contribution in [0.5, 0.6) is 0 Å². The van der Waals surface area contributed by atoms with Gasteiger partial charge in [-0.3, -0.25) is 4.90 Å². The van der Waals surface area contributed by atoms with Gasteiger partial charge in [0.05, 0.1) is 0 Å². The molecule has 0 bridgehead atoms. The molecule has 1 atom stereocenters. The van der Waals surface area contributed by atoms with Crippen LogP contribution in [-0.2, 0) is 0 Å². The second-order valence-electron chi connectivity index (χ2n) is 4.34. The molecule has 0 spiro atoms. The minimum Gasteiger partial charge on any atom is -0.409 e. The van der Waals surface area contributed by atoms with E-state index in [9.17, 15) is 0 Å². The van der Waals surface area contributed by atoms with E-state index in [4.69, 9.17) is 10.9 Å². The normalized spacial score (nSPS) is 25.7. The lowest BCUT2D eigenvalue weighted by Crippen LogP contribution is -2.50. The molecule has 3 N–H and O–H groups in total. The Morgan fingerprint density at radius 3 is 2.87 bits per heavy atom. The van der Waals surface area contributed by atoms with Crippen LogP contribution in [0.15, 0.2) is 5.16 Å². The second kappa shape index (κ2) is 5.92. The van der Waals surface area contributed by atoms with E-state index in [2.05, 4.69) is 28.9 Å². The molecule has 1 saturated heterocycles. The maximum Gasteiger partial charge on any atom is 0.139 e. The van der Waals surface area contributed by atoms with E-state index in [1.165, 1.54) is 0 Å². The molecule has 5 nitrogen and oxygen atoms in total. The topological polar surface area (TPSA) is 65.1 Å². The molecule has 15 heavy (non-hydrogen) atoms. The first-order chi connectivity index (χ1) is 7.13. The molecular weight excluding hydrogens is 192 g/mol. The third-order valence-electron chi connectivity index (χ3n) is 2.97. The fourth-order valence-corrected chi connectivity index (χ4v) is 2.02. The van der Waals surface area contributed by atoms with Crippen LogP contribution in [0.2, 0.25) is 0 Å². The summed E-state index contributed by atoms with van der Waals surface area (Å²) < 4.78 is 0. The maximum absolute atomic E-state index is 8.40. The average Bonchev–Trinajstić information content (AvgIpc) is 2.21. The van der Waals surface area contributed by atoms with Crippen molar-refractivity contribution in [3.8, 4) is 0 Å². The first kappa shape index (κ1) is 12.3. The minimum atomic E-state index is 0.330. The molecule has 0 aliphatic carbocycles. The first-order valence-electron chi connectivity index (χ1n) is 5.52. The van der Waals surface area contributed by atoms with Gasteiger partial charge in [-0.1, -0.05) is 5.16 Å². The molecule has 5 heteroatoms. The number of hydrogen-bond acceptors (Lipinski definition) is 4. The number of likely N-dealkylation sites (N-methyl/N-ethyl adjacent to an activating group) is 1. The van der Waals surface area contributed by atoms with Gasteiger partial charge in [0.2, 0.25) is 0 Å². The predicted octanol–water partition coefficient (Wildman–Crippen LogP) is 0.149. The van der Waals surface area contributed by atoms with Gasteiger partial charge < -0.3 is 15.8 Å². The summed E-state index contributed by atoms with van der Waals surface area (Å²) in [7, 11) is 2.16. The summed E-state index contributed by atoms with van der Waals surface area (Å²) in [6.07, 6.45) is 1.64. The van der Waals surface area contributed by atoms with E-state index in [1.807, 2.05) is 0 Å². The van der Waals surface area contributed by atoms with E-state index >= 15 is 0 Å². The molecule has 1 fully saturated rings. The summed E-state index contributed by atoms with van der Waals surface area (Å²) in [5.41, 5.74) is 5.42. The average molecular weight is 214 g/mol. The number of hydrogen-bond donors (Lipinski definition) is 2. The summed E-state index contributed by atoms with van der Waals surface area (Å²) in [4.78, 5) is 4.81. The van der Waals surface area contributed by atoms with Gasteiger partial charge in [0.25, 0.3) is 0 Å². The van der Waals surface area contributed by atoms with Crippen LogP contribution in [-0.4, -0.2) is 60.1 Å². The van der Waals surface area contributed by atoms with E-state index < -0.39 is 0 Å². The van der Waals surface area contributed by atoms with Crippen molar-refractivity contribution in [3.05, 3.63) is 0 Å². The van der Waals surface area contributed by atoms with Gasteiger partial charge in [-0.05, 0) is 26.9 Å². The zero-order valence-electron chi connectivity index (χ0n) is 9.69. The highest BCUT2D eigenvalue weighted by molar-refractivity contribution is 5.79. The predicted molar refractivity (Wildman–Crippen MR) is 61.2 cm³/mol. The van der Waals surface area contributed by atoms with Gasteiger partial charge in [-0.2, -0.15) is 0 Å². The zero-order chi connectivity index (χ0) is 11.3. The number of nitrogens with two attached hydrogens (primary N) is 1. The third-order valence-corrected chi connectivity index (χ3v) is 2.97. The largest absolute Gasteiger partial charge is 0.409 e.